The standard InChI is InChI=1S/C34H52FNO4Si/c1-24-16-17-27(21-32(24)35)20-29-14-12-18-36(29)22-30(40-41(8,9)34(4,5)6)23-39-26(3)31-15-11-10-13-28(31)19-25(2)33(37)38-7/h10-11,13,15-17,21,25-26,29-30H,12,14,18-20,22-23H2,1-9H3/t25?,26-,29+,30+/m1/s1. The van der Waals surface area contributed by atoms with Gasteiger partial charge in [-0.25, -0.2) is 4.39 Å². The van der Waals surface area contributed by atoms with Crippen molar-refractivity contribution in [3.63, 3.8) is 0 Å². The third-order valence-corrected chi connectivity index (χ3v) is 13.6. The summed E-state index contributed by atoms with van der Waals surface area (Å²) in [4.78, 5) is 14.6. The van der Waals surface area contributed by atoms with Gasteiger partial charge in [-0.15, -0.1) is 0 Å². The highest BCUT2D eigenvalue weighted by Gasteiger charge is 2.40. The molecule has 0 bridgehead atoms. The second-order valence-corrected chi connectivity index (χ2v) is 18.1. The molecule has 0 spiro atoms. The van der Waals surface area contributed by atoms with Gasteiger partial charge in [0.05, 0.1) is 31.8 Å². The fourth-order valence-corrected chi connectivity index (χ4v) is 6.78. The van der Waals surface area contributed by atoms with Crippen molar-refractivity contribution in [1.82, 2.24) is 4.90 Å². The van der Waals surface area contributed by atoms with Crippen LogP contribution in [0.2, 0.25) is 18.1 Å². The van der Waals surface area contributed by atoms with Crippen molar-refractivity contribution >= 4 is 14.3 Å². The molecule has 1 fully saturated rings. The molecule has 41 heavy (non-hydrogen) atoms. The number of ether oxygens (including phenoxy) is 2. The zero-order chi connectivity index (χ0) is 30.4. The second kappa shape index (κ2) is 14.4. The molecule has 1 aliphatic rings. The molecule has 2 aromatic carbocycles. The van der Waals surface area contributed by atoms with Crippen molar-refractivity contribution in [3.8, 4) is 0 Å². The van der Waals surface area contributed by atoms with E-state index in [4.69, 9.17) is 13.9 Å². The fourth-order valence-electron chi connectivity index (χ4n) is 5.45. The lowest BCUT2D eigenvalue weighted by atomic mass is 9.94. The molecule has 228 valence electrons. The number of carbonyl (C=O) groups excluding carboxylic acids is 1. The molecule has 0 aromatic heterocycles. The average Bonchev–Trinajstić information content (AvgIpc) is 3.34. The van der Waals surface area contributed by atoms with Gasteiger partial charge in [-0.05, 0) is 92.5 Å². The number of methoxy groups -OCH3 is 1. The van der Waals surface area contributed by atoms with Crippen molar-refractivity contribution in [2.24, 2.45) is 5.92 Å². The number of carbonyl (C=O) groups is 1. The molecule has 3 rings (SSSR count). The number of hydrogen-bond donors (Lipinski definition) is 0. The third-order valence-electron chi connectivity index (χ3n) is 9.07. The second-order valence-electron chi connectivity index (χ2n) is 13.4. The molecule has 1 aliphatic heterocycles. The van der Waals surface area contributed by atoms with Crippen molar-refractivity contribution in [1.29, 1.82) is 0 Å². The summed E-state index contributed by atoms with van der Waals surface area (Å²) >= 11 is 0. The van der Waals surface area contributed by atoms with E-state index in [1.54, 1.807) is 6.07 Å². The molecule has 2 aromatic rings. The topological polar surface area (TPSA) is 48.0 Å². The number of likely N-dealkylation sites (tertiary alicyclic amines) is 1. The Morgan fingerprint density at radius 2 is 1.85 bits per heavy atom. The fraction of sp³-hybridized carbons (Fsp3) is 0.618. The molecular formula is C34H52FNO4Si. The smallest absolute Gasteiger partial charge is 0.308 e. The van der Waals surface area contributed by atoms with Gasteiger partial charge < -0.3 is 13.9 Å². The normalized spacial score (nSPS) is 18.7. The molecule has 0 N–H and O–H groups in total. The third kappa shape index (κ3) is 9.21. The van der Waals surface area contributed by atoms with E-state index < -0.39 is 8.32 Å². The van der Waals surface area contributed by atoms with Crippen LogP contribution < -0.4 is 0 Å². The maximum atomic E-state index is 14.3. The molecule has 1 heterocycles. The Balaban J connectivity index is 1.74. The number of hydrogen-bond acceptors (Lipinski definition) is 5. The van der Waals surface area contributed by atoms with Crippen LogP contribution in [-0.2, 0) is 31.5 Å². The van der Waals surface area contributed by atoms with E-state index in [1.807, 2.05) is 32.0 Å². The minimum atomic E-state index is -2.06. The van der Waals surface area contributed by atoms with Crippen LogP contribution in [0, 0.1) is 18.7 Å². The summed E-state index contributed by atoms with van der Waals surface area (Å²) in [5.41, 5.74) is 3.93. The first-order valence-electron chi connectivity index (χ1n) is 15.2. The van der Waals surface area contributed by atoms with E-state index in [1.165, 1.54) is 7.11 Å². The van der Waals surface area contributed by atoms with Crippen LogP contribution in [0.25, 0.3) is 0 Å². The Morgan fingerprint density at radius 1 is 1.15 bits per heavy atom. The predicted octanol–water partition coefficient (Wildman–Crippen LogP) is 7.66. The van der Waals surface area contributed by atoms with Gasteiger partial charge in [-0.2, -0.15) is 0 Å². The van der Waals surface area contributed by atoms with Gasteiger partial charge in [0.2, 0.25) is 0 Å². The van der Waals surface area contributed by atoms with Crippen LogP contribution in [-0.4, -0.2) is 58.1 Å². The number of benzene rings is 2. The number of aryl methyl sites for hydroxylation is 1. The first-order valence-corrected chi connectivity index (χ1v) is 18.1. The van der Waals surface area contributed by atoms with Gasteiger partial charge in [0.1, 0.15) is 5.82 Å². The Labute approximate surface area is 248 Å². The molecule has 0 amide bonds. The largest absolute Gasteiger partial charge is 0.469 e. The summed E-state index contributed by atoms with van der Waals surface area (Å²) in [6, 6.07) is 14.2. The van der Waals surface area contributed by atoms with Crippen LogP contribution in [0.3, 0.4) is 0 Å². The molecule has 1 saturated heterocycles. The van der Waals surface area contributed by atoms with Crippen molar-refractivity contribution in [3.05, 3.63) is 70.5 Å². The minimum Gasteiger partial charge on any atom is -0.469 e. The number of rotatable bonds is 13. The van der Waals surface area contributed by atoms with Gasteiger partial charge in [-0.3, -0.25) is 9.69 Å². The Morgan fingerprint density at radius 3 is 2.51 bits per heavy atom. The highest BCUT2D eigenvalue weighted by atomic mass is 28.4. The van der Waals surface area contributed by atoms with E-state index in [0.717, 1.165) is 49.0 Å². The van der Waals surface area contributed by atoms with Crippen LogP contribution in [0.1, 0.15) is 75.8 Å². The Hall–Kier alpha value is -2.06. The first-order chi connectivity index (χ1) is 19.2. The van der Waals surface area contributed by atoms with Gasteiger partial charge in [0, 0.05) is 12.6 Å². The lowest BCUT2D eigenvalue weighted by Gasteiger charge is -2.41. The van der Waals surface area contributed by atoms with Crippen LogP contribution in [0.15, 0.2) is 42.5 Å². The Kier molecular flexibility index (Phi) is 11.8. The van der Waals surface area contributed by atoms with Crippen LogP contribution in [0.5, 0.6) is 0 Å². The van der Waals surface area contributed by atoms with E-state index in [0.29, 0.717) is 24.6 Å². The molecule has 0 radical (unpaired) electrons. The highest BCUT2D eigenvalue weighted by Crippen LogP contribution is 2.38. The van der Waals surface area contributed by atoms with Crippen molar-refractivity contribution in [2.45, 2.75) is 104 Å². The SMILES string of the molecule is COC(=O)C(C)Cc1ccccc1[C@@H](C)OC[C@H](CN1CCC[C@H]1Cc1ccc(C)c(F)c1)O[Si](C)(C)C(C)(C)C. The zero-order valence-electron chi connectivity index (χ0n) is 26.8. The number of nitrogens with zero attached hydrogens (tertiary/aromatic N) is 1. The summed E-state index contributed by atoms with van der Waals surface area (Å²) in [6.07, 6.45) is 3.46. The van der Waals surface area contributed by atoms with Crippen molar-refractivity contribution in [2.75, 3.05) is 26.8 Å². The van der Waals surface area contributed by atoms with Gasteiger partial charge in [-0.1, -0.05) is 64.1 Å². The van der Waals surface area contributed by atoms with Gasteiger partial charge in [0.15, 0.2) is 8.32 Å². The maximum Gasteiger partial charge on any atom is 0.308 e. The molecule has 0 saturated carbocycles. The highest BCUT2D eigenvalue weighted by molar-refractivity contribution is 6.74. The maximum absolute atomic E-state index is 14.3. The lowest BCUT2D eigenvalue weighted by molar-refractivity contribution is -0.144. The Bertz CT molecular complexity index is 1150. The molecule has 0 aliphatic carbocycles. The minimum absolute atomic E-state index is 0.0742. The summed E-state index contributed by atoms with van der Waals surface area (Å²) < 4.78 is 32.7. The summed E-state index contributed by atoms with van der Waals surface area (Å²) in [5, 5.41) is 0.0807. The molecule has 4 atom stereocenters. The zero-order valence-corrected chi connectivity index (χ0v) is 27.8. The number of halogens is 1. The van der Waals surface area contributed by atoms with Gasteiger partial charge >= 0.3 is 5.97 Å². The van der Waals surface area contributed by atoms with E-state index in [2.05, 4.69) is 63.9 Å². The predicted molar refractivity (Wildman–Crippen MR) is 167 cm³/mol. The molecule has 5 nitrogen and oxygen atoms in total. The molecular weight excluding hydrogens is 533 g/mol. The first kappa shape index (κ1) is 33.4. The average molecular weight is 586 g/mol. The number of esters is 1. The monoisotopic (exact) mass is 585 g/mol. The van der Waals surface area contributed by atoms with Gasteiger partial charge in [0.25, 0.3) is 0 Å². The van der Waals surface area contributed by atoms with Crippen LogP contribution >= 0.6 is 0 Å². The van der Waals surface area contributed by atoms with Crippen molar-refractivity contribution < 1.29 is 23.1 Å². The summed E-state index contributed by atoms with van der Waals surface area (Å²) in [5.74, 6) is -0.559. The quantitative estimate of drug-likeness (QED) is 0.178. The van der Waals surface area contributed by atoms with E-state index in [-0.39, 0.29) is 35.0 Å². The van der Waals surface area contributed by atoms with E-state index >= 15 is 0 Å². The van der Waals surface area contributed by atoms with E-state index in [9.17, 15) is 9.18 Å². The molecule has 7 heteroatoms. The lowest BCUT2D eigenvalue weighted by Crippen LogP contribution is -2.49. The molecule has 1 unspecified atom stereocenters. The summed E-state index contributed by atoms with van der Waals surface area (Å²) in [7, 11) is -0.625. The summed E-state index contributed by atoms with van der Waals surface area (Å²) in [6.45, 7) is 19.5. The van der Waals surface area contributed by atoms with Crippen LogP contribution in [0.4, 0.5) is 4.39 Å².